The van der Waals surface area contributed by atoms with E-state index in [0.29, 0.717) is 17.1 Å². The van der Waals surface area contributed by atoms with E-state index in [2.05, 4.69) is 23.8 Å². The lowest BCUT2D eigenvalue weighted by atomic mass is 9.65. The second-order valence-electron chi connectivity index (χ2n) is 10.3. The molecule has 0 fully saturated rings. The molecule has 0 saturated heterocycles. The molecule has 4 rings (SSSR count). The first-order chi connectivity index (χ1) is 16.4. The molecule has 3 aromatic rings. The molecule has 184 valence electrons. The third kappa shape index (κ3) is 4.37. The van der Waals surface area contributed by atoms with Gasteiger partial charge in [0.25, 0.3) is 0 Å². The molecule has 0 radical (unpaired) electrons. The molecule has 7 heteroatoms. The van der Waals surface area contributed by atoms with Gasteiger partial charge in [-0.25, -0.2) is 0 Å². The van der Waals surface area contributed by atoms with Crippen LogP contribution in [-0.2, 0) is 28.9 Å². The van der Waals surface area contributed by atoms with Crippen molar-refractivity contribution >= 4 is 40.0 Å². The van der Waals surface area contributed by atoms with Gasteiger partial charge in [-0.3, -0.25) is 9.59 Å². The van der Waals surface area contributed by atoms with E-state index in [1.807, 2.05) is 39.0 Å². The van der Waals surface area contributed by atoms with Gasteiger partial charge in [0.15, 0.2) is 0 Å². The van der Waals surface area contributed by atoms with Gasteiger partial charge in [0.1, 0.15) is 0 Å². The number of halogens is 1. The third-order valence-electron chi connectivity index (χ3n) is 7.68. The van der Waals surface area contributed by atoms with Gasteiger partial charge in [-0.15, -0.1) is 0 Å². The summed E-state index contributed by atoms with van der Waals surface area (Å²) in [5.41, 5.74) is 11.5. The first-order valence-electron chi connectivity index (χ1n) is 11.7. The van der Waals surface area contributed by atoms with Crippen LogP contribution in [0, 0.1) is 12.3 Å². The number of hydrogen-bond donors (Lipinski definition) is 4. The summed E-state index contributed by atoms with van der Waals surface area (Å²) in [5, 5.41) is 15.2. The van der Waals surface area contributed by atoms with E-state index in [-0.39, 0.29) is 17.7 Å². The van der Waals surface area contributed by atoms with Crippen LogP contribution in [0.3, 0.4) is 0 Å². The number of H-pyrrole nitrogens is 1. The Kier molecular flexibility index (Phi) is 6.32. The molecule has 0 saturated carbocycles. The van der Waals surface area contributed by atoms with Crippen LogP contribution in [0.25, 0.3) is 22.0 Å². The van der Waals surface area contributed by atoms with Crippen LogP contribution >= 0.6 is 11.6 Å². The Bertz CT molecular complexity index is 1370. The van der Waals surface area contributed by atoms with Gasteiger partial charge in [0.2, 0.25) is 11.8 Å². The minimum absolute atomic E-state index is 0.0626. The highest BCUT2D eigenvalue weighted by molar-refractivity contribution is 6.35. The van der Waals surface area contributed by atoms with Crippen LogP contribution in [0.15, 0.2) is 36.9 Å². The van der Waals surface area contributed by atoms with E-state index >= 15 is 0 Å². The quantitative estimate of drug-likeness (QED) is 0.354. The van der Waals surface area contributed by atoms with E-state index in [1.165, 1.54) is 6.08 Å². The number of amides is 2. The minimum Gasteiger partial charge on any atom is -0.390 e. The zero-order valence-corrected chi connectivity index (χ0v) is 21.4. The van der Waals surface area contributed by atoms with Crippen LogP contribution in [0.2, 0.25) is 5.02 Å². The van der Waals surface area contributed by atoms with Crippen molar-refractivity contribution in [2.75, 3.05) is 5.32 Å². The standard InChI is InChI=1S/C28H32ClN3O3/c1-6-23(34)31-20-9-7-8-17(15(20)2)24-19(29)12-16(13-22(30)33)26-25(24)18-10-11-28(5,27(3,4)35)14-21(18)32-26/h6-9,12,32,35H,1,10-11,13-14H2,2-5H3,(H2,30,33)(H,31,34). The molecule has 1 aliphatic carbocycles. The Morgan fingerprint density at radius 1 is 1.37 bits per heavy atom. The highest BCUT2D eigenvalue weighted by atomic mass is 35.5. The van der Waals surface area contributed by atoms with E-state index in [0.717, 1.165) is 57.3 Å². The zero-order chi connectivity index (χ0) is 25.7. The molecule has 5 N–H and O–H groups in total. The summed E-state index contributed by atoms with van der Waals surface area (Å²) in [4.78, 5) is 27.4. The molecule has 2 aromatic carbocycles. The predicted molar refractivity (Wildman–Crippen MR) is 142 cm³/mol. The number of aromatic amines is 1. The van der Waals surface area contributed by atoms with Gasteiger partial charge < -0.3 is 21.1 Å². The van der Waals surface area contributed by atoms with Crippen LogP contribution < -0.4 is 11.1 Å². The second kappa shape index (κ2) is 8.85. The maximum Gasteiger partial charge on any atom is 0.247 e. The monoisotopic (exact) mass is 493 g/mol. The van der Waals surface area contributed by atoms with Crippen molar-refractivity contribution in [2.45, 2.75) is 59.0 Å². The third-order valence-corrected chi connectivity index (χ3v) is 7.98. The smallest absolute Gasteiger partial charge is 0.247 e. The molecule has 1 aliphatic rings. The Morgan fingerprint density at radius 3 is 2.71 bits per heavy atom. The van der Waals surface area contributed by atoms with Crippen LogP contribution in [0.5, 0.6) is 0 Å². The number of nitrogens with one attached hydrogen (secondary N) is 2. The lowest BCUT2D eigenvalue weighted by Gasteiger charge is -2.43. The number of primary amides is 1. The topological polar surface area (TPSA) is 108 Å². The Balaban J connectivity index is 1.99. The van der Waals surface area contributed by atoms with Gasteiger partial charge in [-0.05, 0) is 80.5 Å². The van der Waals surface area contributed by atoms with Gasteiger partial charge in [-0.2, -0.15) is 0 Å². The fraction of sp³-hybridized carbons (Fsp3) is 0.357. The fourth-order valence-electron chi connectivity index (χ4n) is 5.17. The molecular weight excluding hydrogens is 462 g/mol. The number of benzene rings is 2. The summed E-state index contributed by atoms with van der Waals surface area (Å²) in [5.74, 6) is -0.724. The molecule has 0 spiro atoms. The molecule has 1 aromatic heterocycles. The molecule has 0 aliphatic heterocycles. The van der Waals surface area contributed by atoms with E-state index in [9.17, 15) is 14.7 Å². The largest absolute Gasteiger partial charge is 0.390 e. The van der Waals surface area contributed by atoms with Gasteiger partial charge in [0.05, 0.1) is 17.5 Å². The average Bonchev–Trinajstić information content (AvgIpc) is 3.13. The Labute approximate surface area is 210 Å². The Hall–Kier alpha value is -3.09. The predicted octanol–water partition coefficient (Wildman–Crippen LogP) is 5.21. The molecule has 1 heterocycles. The number of anilines is 1. The van der Waals surface area contributed by atoms with Crippen LogP contribution in [0.1, 0.15) is 49.6 Å². The number of nitrogens with two attached hydrogens (primary N) is 1. The molecule has 0 bridgehead atoms. The molecule has 35 heavy (non-hydrogen) atoms. The molecule has 1 atom stereocenters. The lowest BCUT2D eigenvalue weighted by molar-refractivity contribution is -0.117. The number of hydrogen-bond acceptors (Lipinski definition) is 3. The van der Waals surface area contributed by atoms with E-state index in [1.54, 1.807) is 6.07 Å². The molecular formula is C28H32ClN3O3. The second-order valence-corrected chi connectivity index (χ2v) is 10.7. The number of aryl methyl sites for hydroxylation is 1. The van der Waals surface area contributed by atoms with Crippen molar-refractivity contribution in [2.24, 2.45) is 11.1 Å². The number of rotatable bonds is 6. The summed E-state index contributed by atoms with van der Waals surface area (Å²) >= 11 is 6.90. The van der Waals surface area contributed by atoms with E-state index < -0.39 is 11.5 Å². The summed E-state index contributed by atoms with van der Waals surface area (Å²) < 4.78 is 0. The van der Waals surface area contributed by atoms with Crippen molar-refractivity contribution < 1.29 is 14.7 Å². The maximum absolute atomic E-state index is 12.0. The fourth-order valence-corrected chi connectivity index (χ4v) is 5.50. The van der Waals surface area contributed by atoms with Crippen molar-refractivity contribution in [3.63, 3.8) is 0 Å². The van der Waals surface area contributed by atoms with Crippen molar-refractivity contribution in [3.8, 4) is 11.1 Å². The number of carbonyl (C=O) groups excluding carboxylic acids is 2. The normalized spacial score (nSPS) is 17.8. The zero-order valence-electron chi connectivity index (χ0n) is 20.6. The Morgan fingerprint density at radius 2 is 2.09 bits per heavy atom. The van der Waals surface area contributed by atoms with Crippen molar-refractivity contribution in [1.29, 1.82) is 0 Å². The minimum atomic E-state index is -0.854. The number of fused-ring (bicyclic) bond motifs is 3. The molecule has 6 nitrogen and oxygen atoms in total. The number of aliphatic hydroxyl groups is 1. The summed E-state index contributed by atoms with van der Waals surface area (Å²) in [6.45, 7) is 11.3. The highest BCUT2D eigenvalue weighted by Gasteiger charge is 2.43. The molecule has 1 unspecified atom stereocenters. The molecule has 2 amide bonds. The summed E-state index contributed by atoms with van der Waals surface area (Å²) in [6.07, 6.45) is 3.53. The van der Waals surface area contributed by atoms with Crippen molar-refractivity contribution in [1.82, 2.24) is 4.98 Å². The summed E-state index contributed by atoms with van der Waals surface area (Å²) in [7, 11) is 0. The maximum atomic E-state index is 12.0. The number of carbonyl (C=O) groups is 2. The first-order valence-corrected chi connectivity index (χ1v) is 12.1. The van der Waals surface area contributed by atoms with E-state index in [4.69, 9.17) is 17.3 Å². The summed E-state index contributed by atoms with van der Waals surface area (Å²) in [6, 6.07) is 7.51. The number of aromatic nitrogens is 1. The van der Waals surface area contributed by atoms with Crippen molar-refractivity contribution in [3.05, 3.63) is 64.3 Å². The van der Waals surface area contributed by atoms with Crippen LogP contribution in [0.4, 0.5) is 5.69 Å². The van der Waals surface area contributed by atoms with Gasteiger partial charge in [-0.1, -0.05) is 37.2 Å². The lowest BCUT2D eigenvalue weighted by Crippen LogP contribution is -2.45. The van der Waals surface area contributed by atoms with Gasteiger partial charge in [0, 0.05) is 32.8 Å². The van der Waals surface area contributed by atoms with Gasteiger partial charge >= 0.3 is 0 Å². The SMILES string of the molecule is C=CC(=O)Nc1cccc(-c2c(Cl)cc(CC(N)=O)c3[nH]c4c(c23)CCC(C)(C(C)(C)O)C4)c1C. The average molecular weight is 494 g/mol. The van der Waals surface area contributed by atoms with Crippen LogP contribution in [-0.4, -0.2) is 27.5 Å². The highest BCUT2D eigenvalue weighted by Crippen LogP contribution is 2.49. The first kappa shape index (κ1) is 25.0.